The lowest BCUT2D eigenvalue weighted by Crippen LogP contribution is -2.23. The third-order valence-electron chi connectivity index (χ3n) is 1.15. The zero-order valence-electron chi connectivity index (χ0n) is 6.64. The normalized spacial score (nSPS) is 9.23. The Morgan fingerprint density at radius 3 is 2.38 bits per heavy atom. The van der Waals surface area contributed by atoms with Crippen LogP contribution < -0.4 is 17.2 Å². The summed E-state index contributed by atoms with van der Waals surface area (Å²) in [6, 6.07) is 0. The number of carbonyl (C=O) groups is 1. The highest BCUT2D eigenvalue weighted by Crippen LogP contribution is 2.10. The third-order valence-corrected chi connectivity index (χ3v) is 1.15. The van der Waals surface area contributed by atoms with Crippen LogP contribution in [-0.2, 0) is 0 Å². The number of primary amides is 1. The Morgan fingerprint density at radius 1 is 1.23 bits per heavy atom. The van der Waals surface area contributed by atoms with Crippen molar-refractivity contribution in [1.82, 2.24) is 9.97 Å². The number of aliphatic imine (C=N–C) groups is 1. The van der Waals surface area contributed by atoms with E-state index in [-0.39, 0.29) is 17.5 Å². The van der Waals surface area contributed by atoms with Crippen LogP contribution in [0.2, 0.25) is 0 Å². The minimum atomic E-state index is -0.729. The van der Waals surface area contributed by atoms with E-state index >= 15 is 0 Å². The molecule has 7 nitrogen and oxygen atoms in total. The van der Waals surface area contributed by atoms with Gasteiger partial charge in [0.2, 0.25) is 0 Å². The maximum absolute atomic E-state index is 10.8. The first-order valence-corrected chi connectivity index (χ1v) is 3.31. The van der Waals surface area contributed by atoms with Gasteiger partial charge in [-0.25, -0.2) is 9.97 Å². The molecule has 0 fully saturated rings. The Balaban J connectivity index is 3.20. The maximum Gasteiger partial charge on any atom is 0.271 e. The second-order valence-electron chi connectivity index (χ2n) is 2.13. The minimum Gasteiger partial charge on any atom is -0.370 e. The van der Waals surface area contributed by atoms with Crippen molar-refractivity contribution in [1.29, 1.82) is 0 Å². The van der Waals surface area contributed by atoms with E-state index in [2.05, 4.69) is 15.0 Å². The number of rotatable bonds is 2. The summed E-state index contributed by atoms with van der Waals surface area (Å²) in [6.07, 6.45) is 2.68. The number of amides is 1. The van der Waals surface area contributed by atoms with Gasteiger partial charge in [-0.1, -0.05) is 0 Å². The van der Waals surface area contributed by atoms with Gasteiger partial charge in [-0.2, -0.15) is 4.99 Å². The number of nitrogens with zero attached hydrogens (tertiary/aromatic N) is 3. The molecule has 0 radical (unpaired) electrons. The lowest BCUT2D eigenvalue weighted by molar-refractivity contribution is 0.0996. The molecule has 0 spiro atoms. The van der Waals surface area contributed by atoms with Crippen molar-refractivity contribution in [3.8, 4) is 0 Å². The average Bonchev–Trinajstić information content (AvgIpc) is 2.03. The van der Waals surface area contributed by atoms with Crippen molar-refractivity contribution in [2.24, 2.45) is 22.2 Å². The SMILES string of the molecule is NC(=O)c1nccnc1N=C(N)N. The molecular weight excluding hydrogens is 172 g/mol. The van der Waals surface area contributed by atoms with E-state index in [0.29, 0.717) is 0 Å². The fraction of sp³-hybridized carbons (Fsp3) is 0. The predicted octanol–water partition coefficient (Wildman–Crippen LogP) is -1.52. The number of carbonyl (C=O) groups excluding carboxylic acids is 1. The van der Waals surface area contributed by atoms with Gasteiger partial charge in [-0.05, 0) is 0 Å². The van der Waals surface area contributed by atoms with Gasteiger partial charge in [-0.3, -0.25) is 4.79 Å². The number of nitrogens with two attached hydrogens (primary N) is 3. The highest BCUT2D eigenvalue weighted by Gasteiger charge is 2.09. The first-order chi connectivity index (χ1) is 6.11. The molecule has 0 saturated carbocycles. The summed E-state index contributed by atoms with van der Waals surface area (Å²) < 4.78 is 0. The van der Waals surface area contributed by atoms with Crippen LogP contribution in [-0.4, -0.2) is 21.8 Å². The second kappa shape index (κ2) is 3.48. The molecule has 0 bridgehead atoms. The largest absolute Gasteiger partial charge is 0.370 e. The van der Waals surface area contributed by atoms with E-state index in [0.717, 1.165) is 0 Å². The summed E-state index contributed by atoms with van der Waals surface area (Å²) >= 11 is 0. The number of aromatic nitrogens is 2. The van der Waals surface area contributed by atoms with Gasteiger partial charge in [0, 0.05) is 12.4 Å². The van der Waals surface area contributed by atoms with Crippen LogP contribution in [0.5, 0.6) is 0 Å². The standard InChI is InChI=1S/C6H8N6O/c7-4(13)3-5(12-6(8)9)11-2-1-10-3/h1-2H,(H2,7,13)(H4,8,9,11,12). The Kier molecular flexibility index (Phi) is 2.38. The Bertz CT molecular complexity index is 356. The molecule has 0 unspecified atom stereocenters. The molecule has 68 valence electrons. The summed E-state index contributed by atoms with van der Waals surface area (Å²) in [5.74, 6) is -0.911. The molecular formula is C6H8N6O. The summed E-state index contributed by atoms with van der Waals surface area (Å²) in [4.78, 5) is 21.8. The van der Waals surface area contributed by atoms with Gasteiger partial charge in [0.05, 0.1) is 0 Å². The summed E-state index contributed by atoms with van der Waals surface area (Å²) in [7, 11) is 0. The van der Waals surface area contributed by atoms with Crippen LogP contribution in [0.1, 0.15) is 10.5 Å². The van der Waals surface area contributed by atoms with Crippen LogP contribution in [0, 0.1) is 0 Å². The summed E-state index contributed by atoms with van der Waals surface area (Å²) in [6.45, 7) is 0. The Labute approximate surface area is 73.7 Å². The van der Waals surface area contributed by atoms with E-state index < -0.39 is 5.91 Å². The van der Waals surface area contributed by atoms with E-state index in [1.807, 2.05) is 0 Å². The monoisotopic (exact) mass is 180 g/mol. The topological polar surface area (TPSA) is 133 Å². The molecule has 1 amide bonds. The first kappa shape index (κ1) is 8.91. The maximum atomic E-state index is 10.8. The zero-order valence-corrected chi connectivity index (χ0v) is 6.64. The summed E-state index contributed by atoms with van der Waals surface area (Å²) in [5, 5.41) is 0. The van der Waals surface area contributed by atoms with Gasteiger partial charge in [0.15, 0.2) is 17.5 Å². The first-order valence-electron chi connectivity index (χ1n) is 3.31. The number of hydrogen-bond acceptors (Lipinski definition) is 4. The Morgan fingerprint density at radius 2 is 1.85 bits per heavy atom. The highest BCUT2D eigenvalue weighted by molar-refractivity contribution is 5.95. The minimum absolute atomic E-state index is 0.0231. The van der Waals surface area contributed by atoms with Crippen LogP contribution >= 0.6 is 0 Å². The lowest BCUT2D eigenvalue weighted by Gasteiger charge is -1.98. The zero-order chi connectivity index (χ0) is 9.84. The molecule has 1 heterocycles. The van der Waals surface area contributed by atoms with E-state index in [4.69, 9.17) is 17.2 Å². The smallest absolute Gasteiger partial charge is 0.271 e. The molecule has 6 N–H and O–H groups in total. The molecule has 1 aromatic heterocycles. The van der Waals surface area contributed by atoms with Gasteiger partial charge < -0.3 is 17.2 Å². The average molecular weight is 180 g/mol. The fourth-order valence-electron chi connectivity index (χ4n) is 0.709. The molecule has 13 heavy (non-hydrogen) atoms. The second-order valence-corrected chi connectivity index (χ2v) is 2.13. The Hall–Kier alpha value is -2.18. The van der Waals surface area contributed by atoms with Crippen molar-refractivity contribution in [2.75, 3.05) is 0 Å². The van der Waals surface area contributed by atoms with Crippen molar-refractivity contribution in [3.63, 3.8) is 0 Å². The van der Waals surface area contributed by atoms with Crippen molar-refractivity contribution in [3.05, 3.63) is 18.1 Å². The van der Waals surface area contributed by atoms with Gasteiger partial charge >= 0.3 is 0 Å². The fourth-order valence-corrected chi connectivity index (χ4v) is 0.709. The van der Waals surface area contributed by atoms with E-state index in [1.165, 1.54) is 12.4 Å². The molecule has 0 atom stereocenters. The predicted molar refractivity (Wildman–Crippen MR) is 46.0 cm³/mol. The summed E-state index contributed by atoms with van der Waals surface area (Å²) in [5.41, 5.74) is 15.1. The lowest BCUT2D eigenvalue weighted by atomic mass is 10.4. The molecule has 1 aromatic rings. The van der Waals surface area contributed by atoms with E-state index in [1.54, 1.807) is 0 Å². The van der Waals surface area contributed by atoms with Crippen LogP contribution in [0.25, 0.3) is 0 Å². The molecule has 1 rings (SSSR count). The van der Waals surface area contributed by atoms with Crippen LogP contribution in [0.3, 0.4) is 0 Å². The molecule has 0 aliphatic carbocycles. The van der Waals surface area contributed by atoms with Gasteiger partial charge in [-0.15, -0.1) is 0 Å². The molecule has 7 heteroatoms. The number of hydrogen-bond donors (Lipinski definition) is 3. The van der Waals surface area contributed by atoms with Crippen LogP contribution in [0.15, 0.2) is 17.4 Å². The number of guanidine groups is 1. The van der Waals surface area contributed by atoms with Crippen molar-refractivity contribution >= 4 is 17.7 Å². The van der Waals surface area contributed by atoms with E-state index in [9.17, 15) is 4.79 Å². The molecule has 0 aliphatic rings. The van der Waals surface area contributed by atoms with Gasteiger partial charge in [0.1, 0.15) is 0 Å². The van der Waals surface area contributed by atoms with Crippen molar-refractivity contribution < 1.29 is 4.79 Å². The molecule has 0 aromatic carbocycles. The third kappa shape index (κ3) is 2.12. The molecule has 0 saturated heterocycles. The quantitative estimate of drug-likeness (QED) is 0.375. The molecule has 0 aliphatic heterocycles. The van der Waals surface area contributed by atoms with Crippen LogP contribution in [0.4, 0.5) is 5.82 Å². The van der Waals surface area contributed by atoms with Gasteiger partial charge in [0.25, 0.3) is 5.91 Å². The van der Waals surface area contributed by atoms with Crippen molar-refractivity contribution in [2.45, 2.75) is 0 Å². The highest BCUT2D eigenvalue weighted by atomic mass is 16.1.